The van der Waals surface area contributed by atoms with Crippen molar-refractivity contribution in [3.8, 4) is 12.3 Å². The highest BCUT2D eigenvalue weighted by Gasteiger charge is 2.22. The molecule has 1 unspecified atom stereocenters. The molecular weight excluding hydrogens is 390 g/mol. The molecule has 0 aliphatic carbocycles. The van der Waals surface area contributed by atoms with Gasteiger partial charge in [-0.2, -0.15) is 0 Å². The third-order valence-corrected chi connectivity index (χ3v) is 5.45. The van der Waals surface area contributed by atoms with E-state index in [9.17, 15) is 9.59 Å². The lowest BCUT2D eigenvalue weighted by Gasteiger charge is -2.17. The lowest BCUT2D eigenvalue weighted by atomic mass is 10.0. The van der Waals surface area contributed by atoms with Gasteiger partial charge in [0.25, 0.3) is 0 Å². The van der Waals surface area contributed by atoms with Crippen molar-refractivity contribution in [3.05, 3.63) is 0 Å². The Morgan fingerprint density at radius 1 is 0.742 bits per heavy atom. The molecule has 0 radical (unpaired) electrons. The van der Waals surface area contributed by atoms with E-state index in [4.69, 9.17) is 15.9 Å². The topological polar surface area (TPSA) is 64.6 Å². The van der Waals surface area contributed by atoms with E-state index in [1.165, 1.54) is 77.0 Å². The summed E-state index contributed by atoms with van der Waals surface area (Å²) in [4.78, 5) is 23.9. The number of ether oxygens (including phenoxy) is 2. The summed E-state index contributed by atoms with van der Waals surface area (Å²) < 4.78 is 10.2. The van der Waals surface area contributed by atoms with E-state index >= 15 is 0 Å². The summed E-state index contributed by atoms with van der Waals surface area (Å²) in [5, 5.41) is 2.56. The van der Waals surface area contributed by atoms with Gasteiger partial charge in [0.15, 0.2) is 6.61 Å². The molecule has 5 heteroatoms. The summed E-state index contributed by atoms with van der Waals surface area (Å²) in [6.45, 7) is 4.59. The van der Waals surface area contributed by atoms with Crippen molar-refractivity contribution in [1.29, 1.82) is 0 Å². The Balaban J connectivity index is 3.66. The molecule has 0 aliphatic heterocycles. The van der Waals surface area contributed by atoms with Gasteiger partial charge in [0.05, 0.1) is 6.61 Å². The quantitative estimate of drug-likeness (QED) is 0.120. The molecule has 0 rings (SSSR count). The van der Waals surface area contributed by atoms with Gasteiger partial charge in [-0.15, -0.1) is 6.42 Å². The van der Waals surface area contributed by atoms with Gasteiger partial charge in [0.2, 0.25) is 0 Å². The van der Waals surface area contributed by atoms with Crippen LogP contribution in [0, 0.1) is 12.3 Å². The van der Waals surface area contributed by atoms with E-state index in [0.29, 0.717) is 13.0 Å². The van der Waals surface area contributed by atoms with Gasteiger partial charge in [-0.3, -0.25) is 0 Å². The molecule has 31 heavy (non-hydrogen) atoms. The minimum Gasteiger partial charge on any atom is -0.464 e. The molecule has 0 heterocycles. The molecule has 0 saturated heterocycles. The zero-order valence-corrected chi connectivity index (χ0v) is 20.2. The molecule has 1 amide bonds. The van der Waals surface area contributed by atoms with Gasteiger partial charge in [0, 0.05) is 0 Å². The molecule has 0 aliphatic rings. The fourth-order valence-corrected chi connectivity index (χ4v) is 3.52. The summed E-state index contributed by atoms with van der Waals surface area (Å²) >= 11 is 0. The minimum absolute atomic E-state index is 0.111. The van der Waals surface area contributed by atoms with Crippen molar-refractivity contribution in [2.45, 2.75) is 129 Å². The molecule has 1 N–H and O–H groups in total. The Labute approximate surface area is 191 Å². The third-order valence-electron chi connectivity index (χ3n) is 5.45. The van der Waals surface area contributed by atoms with Crippen LogP contribution in [0.3, 0.4) is 0 Å². The highest BCUT2D eigenvalue weighted by atomic mass is 16.6. The molecular formula is C26H47NO4. The van der Waals surface area contributed by atoms with Crippen LogP contribution in [0.1, 0.15) is 123 Å². The Morgan fingerprint density at radius 2 is 1.23 bits per heavy atom. The van der Waals surface area contributed by atoms with Crippen LogP contribution in [0.15, 0.2) is 0 Å². The van der Waals surface area contributed by atoms with E-state index in [1.54, 1.807) is 0 Å². The molecule has 0 aromatic heterocycles. The molecule has 1 atom stereocenters. The number of hydrogen-bond donors (Lipinski definition) is 1. The van der Waals surface area contributed by atoms with E-state index in [0.717, 1.165) is 25.7 Å². The average Bonchev–Trinajstić information content (AvgIpc) is 2.77. The first kappa shape index (κ1) is 29.3. The standard InChI is InChI=1S/C26H47NO4/c1-4-7-9-10-11-12-13-14-15-16-17-18-19-20-23-30-25(28)24(21-8-5-2)27-26(29)31-22-6-3/h3,24H,4-5,7-23H2,1-2H3,(H,27,29). The smallest absolute Gasteiger partial charge is 0.408 e. The molecule has 0 saturated carbocycles. The molecule has 5 nitrogen and oxygen atoms in total. The summed E-state index contributed by atoms with van der Waals surface area (Å²) in [6.07, 6.45) is 24.8. The Hall–Kier alpha value is -1.70. The normalized spacial score (nSPS) is 11.5. The van der Waals surface area contributed by atoms with E-state index in [-0.39, 0.29) is 12.6 Å². The maximum absolute atomic E-state index is 12.3. The number of hydrogen-bond acceptors (Lipinski definition) is 4. The maximum Gasteiger partial charge on any atom is 0.408 e. The predicted octanol–water partition coefficient (Wildman–Crippen LogP) is 6.93. The first-order chi connectivity index (χ1) is 15.2. The summed E-state index contributed by atoms with van der Waals surface area (Å²) in [5.74, 6) is 1.84. The van der Waals surface area contributed by atoms with Crippen molar-refractivity contribution < 1.29 is 19.1 Å². The van der Waals surface area contributed by atoms with Crippen LogP contribution >= 0.6 is 0 Å². The van der Waals surface area contributed by atoms with Crippen LogP contribution in [0.5, 0.6) is 0 Å². The Kier molecular flexibility index (Phi) is 21.7. The van der Waals surface area contributed by atoms with Crippen LogP contribution in [-0.2, 0) is 14.3 Å². The maximum atomic E-state index is 12.3. The fourth-order valence-electron chi connectivity index (χ4n) is 3.52. The van der Waals surface area contributed by atoms with Gasteiger partial charge in [-0.1, -0.05) is 116 Å². The number of rotatable bonds is 21. The fraction of sp³-hybridized carbons (Fsp3) is 0.846. The molecule has 0 spiro atoms. The van der Waals surface area contributed by atoms with E-state index < -0.39 is 12.1 Å². The number of esters is 1. The zero-order valence-electron chi connectivity index (χ0n) is 20.2. The van der Waals surface area contributed by atoms with Crippen molar-refractivity contribution in [3.63, 3.8) is 0 Å². The van der Waals surface area contributed by atoms with Crippen LogP contribution < -0.4 is 5.32 Å². The first-order valence-electron chi connectivity index (χ1n) is 12.7. The second-order valence-electron chi connectivity index (χ2n) is 8.38. The Morgan fingerprint density at radius 3 is 1.71 bits per heavy atom. The molecule has 0 aromatic carbocycles. The first-order valence-corrected chi connectivity index (χ1v) is 12.7. The van der Waals surface area contributed by atoms with Crippen molar-refractivity contribution in [2.75, 3.05) is 13.2 Å². The molecule has 0 aromatic rings. The van der Waals surface area contributed by atoms with Crippen molar-refractivity contribution in [2.24, 2.45) is 0 Å². The minimum atomic E-state index is -0.674. The van der Waals surface area contributed by atoms with Crippen molar-refractivity contribution >= 4 is 12.1 Å². The second-order valence-corrected chi connectivity index (χ2v) is 8.38. The molecule has 180 valence electrons. The van der Waals surface area contributed by atoms with Crippen LogP contribution in [0.25, 0.3) is 0 Å². The SMILES string of the molecule is C#CCOC(=O)NC(CCCC)C(=O)OCCCCCCCCCCCCCCCC. The number of unbranched alkanes of at least 4 members (excludes halogenated alkanes) is 14. The van der Waals surface area contributed by atoms with Gasteiger partial charge in [-0.25, -0.2) is 9.59 Å². The monoisotopic (exact) mass is 437 g/mol. The summed E-state index contributed by atoms with van der Waals surface area (Å²) in [5.41, 5.74) is 0. The van der Waals surface area contributed by atoms with Gasteiger partial charge in [0.1, 0.15) is 6.04 Å². The van der Waals surface area contributed by atoms with Crippen molar-refractivity contribution in [1.82, 2.24) is 5.32 Å². The van der Waals surface area contributed by atoms with Crippen LogP contribution in [0.4, 0.5) is 4.79 Å². The molecule has 0 fully saturated rings. The number of nitrogens with one attached hydrogen (secondary N) is 1. The van der Waals surface area contributed by atoms with Gasteiger partial charge >= 0.3 is 12.1 Å². The van der Waals surface area contributed by atoms with E-state index in [2.05, 4.69) is 18.2 Å². The van der Waals surface area contributed by atoms with Gasteiger partial charge in [-0.05, 0) is 12.8 Å². The Bertz CT molecular complexity index is 473. The van der Waals surface area contributed by atoms with E-state index in [1.807, 2.05) is 6.92 Å². The van der Waals surface area contributed by atoms with Crippen LogP contribution in [-0.4, -0.2) is 31.3 Å². The lowest BCUT2D eigenvalue weighted by Crippen LogP contribution is -2.42. The van der Waals surface area contributed by atoms with Crippen LogP contribution in [0.2, 0.25) is 0 Å². The number of carbonyl (C=O) groups is 2. The number of carbonyl (C=O) groups excluding carboxylic acids is 2. The number of alkyl carbamates (subject to hydrolysis) is 1. The molecule has 0 bridgehead atoms. The number of terminal acetylenes is 1. The number of amides is 1. The summed E-state index contributed by atoms with van der Waals surface area (Å²) in [7, 11) is 0. The predicted molar refractivity (Wildman–Crippen MR) is 128 cm³/mol. The average molecular weight is 438 g/mol. The highest BCUT2D eigenvalue weighted by Crippen LogP contribution is 2.13. The lowest BCUT2D eigenvalue weighted by molar-refractivity contribution is -0.146. The zero-order chi connectivity index (χ0) is 23.0. The van der Waals surface area contributed by atoms with Gasteiger partial charge < -0.3 is 14.8 Å². The second kappa shape index (κ2) is 23.0. The summed E-state index contributed by atoms with van der Waals surface area (Å²) in [6, 6.07) is -0.670. The third kappa shape index (κ3) is 20.0. The largest absolute Gasteiger partial charge is 0.464 e. The highest BCUT2D eigenvalue weighted by molar-refractivity contribution is 5.81.